The Balaban J connectivity index is 1.85. The molecule has 0 radical (unpaired) electrons. The summed E-state index contributed by atoms with van der Waals surface area (Å²) < 4.78 is 5.25. The van der Waals surface area contributed by atoms with Crippen molar-refractivity contribution in [3.05, 3.63) is 58.1 Å². The lowest BCUT2D eigenvalue weighted by molar-refractivity contribution is -0.154. The molecule has 2 rings (SSSR count). The van der Waals surface area contributed by atoms with E-state index in [1.165, 1.54) is 5.57 Å². The van der Waals surface area contributed by atoms with E-state index in [4.69, 9.17) is 16.3 Å². The van der Waals surface area contributed by atoms with Crippen LogP contribution in [-0.4, -0.2) is 34.9 Å². The van der Waals surface area contributed by atoms with Gasteiger partial charge in [0, 0.05) is 24.1 Å². The van der Waals surface area contributed by atoms with Crippen LogP contribution in [0, 0.1) is 5.92 Å². The van der Waals surface area contributed by atoms with E-state index in [1.807, 2.05) is 57.2 Å². The fraction of sp³-hybridized carbons (Fsp3) is 0.522. The molecule has 0 saturated carbocycles. The van der Waals surface area contributed by atoms with Crippen molar-refractivity contribution < 1.29 is 19.7 Å². The number of ether oxygens (including phenoxy) is 1. The fourth-order valence-electron chi connectivity index (χ4n) is 3.22. The molecule has 0 aromatic heterocycles. The van der Waals surface area contributed by atoms with Crippen LogP contribution in [0.2, 0.25) is 0 Å². The van der Waals surface area contributed by atoms with Gasteiger partial charge in [-0.25, -0.2) is 0 Å². The zero-order valence-corrected chi connectivity index (χ0v) is 18.2. The number of allylic oxidation sites excluding steroid dienone is 3. The lowest BCUT2D eigenvalue weighted by Gasteiger charge is -2.21. The summed E-state index contributed by atoms with van der Waals surface area (Å²) in [4.78, 5) is 11.7. The molecule has 160 valence electrons. The number of carbonyl (C=O) groups is 1. The number of benzene rings is 1. The highest BCUT2D eigenvalue weighted by atomic mass is 35.5. The quantitative estimate of drug-likeness (QED) is 0.415. The molecule has 1 aromatic rings. The number of hydrogen-bond donors (Lipinski definition) is 3. The summed E-state index contributed by atoms with van der Waals surface area (Å²) in [6.45, 7) is 5.90. The van der Waals surface area contributed by atoms with Gasteiger partial charge >= 0.3 is 5.97 Å². The summed E-state index contributed by atoms with van der Waals surface area (Å²) >= 11 is 6.02. The molecule has 0 amide bonds. The number of halogens is 1. The molecular formula is C23H32ClNO4. The van der Waals surface area contributed by atoms with Crippen molar-refractivity contribution in [2.45, 2.75) is 58.3 Å². The fourth-order valence-corrected chi connectivity index (χ4v) is 3.38. The van der Waals surface area contributed by atoms with Crippen LogP contribution in [0.3, 0.4) is 0 Å². The van der Waals surface area contributed by atoms with Gasteiger partial charge < -0.3 is 14.9 Å². The summed E-state index contributed by atoms with van der Waals surface area (Å²) in [7, 11) is 0. The maximum Gasteiger partial charge on any atom is 0.307 e. The summed E-state index contributed by atoms with van der Waals surface area (Å²) in [5.41, 5.74) is 2.53. The van der Waals surface area contributed by atoms with E-state index in [0.717, 1.165) is 35.4 Å². The molecule has 0 bridgehead atoms. The number of rotatable bonds is 9. The Morgan fingerprint density at radius 3 is 2.45 bits per heavy atom. The van der Waals surface area contributed by atoms with E-state index in [0.29, 0.717) is 6.54 Å². The lowest BCUT2D eigenvalue weighted by atomic mass is 9.87. The van der Waals surface area contributed by atoms with E-state index in [-0.39, 0.29) is 24.9 Å². The van der Waals surface area contributed by atoms with Gasteiger partial charge in [-0.15, -0.1) is 0 Å². The summed E-state index contributed by atoms with van der Waals surface area (Å²) in [5.74, 6) is -0.227. The first-order chi connectivity index (χ1) is 13.7. The van der Waals surface area contributed by atoms with Crippen molar-refractivity contribution >= 4 is 17.6 Å². The molecule has 0 heterocycles. The molecule has 1 aromatic carbocycles. The Morgan fingerprint density at radius 1 is 1.21 bits per heavy atom. The third-order valence-corrected chi connectivity index (χ3v) is 5.05. The van der Waals surface area contributed by atoms with Crippen LogP contribution in [0.1, 0.15) is 57.4 Å². The highest BCUT2D eigenvalue weighted by Crippen LogP contribution is 2.28. The maximum atomic E-state index is 11.7. The van der Waals surface area contributed by atoms with Crippen LogP contribution >= 0.6 is 11.6 Å². The van der Waals surface area contributed by atoms with E-state index < -0.39 is 11.8 Å². The first-order valence-electron chi connectivity index (χ1n) is 10.1. The summed E-state index contributed by atoms with van der Waals surface area (Å²) in [6.07, 6.45) is 5.69. The standard InChI is InChI=1S/C23H32ClNO4/c1-23(2,3)29-21(27)12-13-25-22(28)18-6-4-16(5-7-18)14-19(15-26)17-8-10-20(24)11-9-17/h4-8,10,19,22,25-26,28H,9,11-15H2,1-3H3. The second kappa shape index (κ2) is 10.9. The van der Waals surface area contributed by atoms with E-state index >= 15 is 0 Å². The minimum absolute atomic E-state index is 0.0683. The summed E-state index contributed by atoms with van der Waals surface area (Å²) in [6, 6.07) is 7.65. The van der Waals surface area contributed by atoms with Crippen LogP contribution in [0.25, 0.3) is 0 Å². The van der Waals surface area contributed by atoms with Gasteiger partial charge in [0.1, 0.15) is 11.8 Å². The molecule has 2 unspecified atom stereocenters. The zero-order chi connectivity index (χ0) is 21.4. The van der Waals surface area contributed by atoms with Crippen LogP contribution in [0.4, 0.5) is 0 Å². The molecule has 29 heavy (non-hydrogen) atoms. The van der Waals surface area contributed by atoms with E-state index in [9.17, 15) is 15.0 Å². The van der Waals surface area contributed by atoms with Crippen molar-refractivity contribution in [2.24, 2.45) is 5.92 Å². The molecule has 0 fully saturated rings. The lowest BCUT2D eigenvalue weighted by Crippen LogP contribution is -2.28. The smallest absolute Gasteiger partial charge is 0.307 e. The van der Waals surface area contributed by atoms with E-state index in [1.54, 1.807) is 0 Å². The molecule has 5 nitrogen and oxygen atoms in total. The first kappa shape index (κ1) is 23.6. The first-order valence-corrected chi connectivity index (χ1v) is 10.4. The normalized spacial score (nSPS) is 16.6. The van der Waals surface area contributed by atoms with Crippen molar-refractivity contribution in [3.63, 3.8) is 0 Å². The Labute approximate surface area is 178 Å². The maximum absolute atomic E-state index is 11.7. The molecule has 6 heteroatoms. The topological polar surface area (TPSA) is 78.8 Å². The molecule has 0 aliphatic heterocycles. The highest BCUT2D eigenvalue weighted by Gasteiger charge is 2.18. The Bertz CT molecular complexity index is 734. The number of hydrogen-bond acceptors (Lipinski definition) is 5. The van der Waals surface area contributed by atoms with Crippen molar-refractivity contribution in [2.75, 3.05) is 13.2 Å². The van der Waals surface area contributed by atoms with Gasteiger partial charge in [0.15, 0.2) is 0 Å². The largest absolute Gasteiger partial charge is 0.460 e. The number of carbonyl (C=O) groups excluding carboxylic acids is 1. The number of esters is 1. The molecule has 1 aliphatic rings. The SMILES string of the molecule is CC(C)(C)OC(=O)CCNC(O)c1ccc(CC(CO)C2=CC=C(Cl)CC2)cc1. The highest BCUT2D eigenvalue weighted by molar-refractivity contribution is 6.29. The van der Waals surface area contributed by atoms with Gasteiger partial charge in [0.2, 0.25) is 0 Å². The van der Waals surface area contributed by atoms with Crippen LogP contribution in [-0.2, 0) is 16.0 Å². The minimum Gasteiger partial charge on any atom is -0.460 e. The second-order valence-electron chi connectivity index (χ2n) is 8.37. The second-order valence-corrected chi connectivity index (χ2v) is 8.86. The van der Waals surface area contributed by atoms with Gasteiger partial charge in [0.05, 0.1) is 6.42 Å². The number of aliphatic hydroxyl groups is 2. The molecule has 1 aliphatic carbocycles. The van der Waals surface area contributed by atoms with E-state index in [2.05, 4.69) is 5.32 Å². The van der Waals surface area contributed by atoms with Gasteiger partial charge in [-0.3, -0.25) is 10.1 Å². The van der Waals surface area contributed by atoms with Gasteiger partial charge in [0.25, 0.3) is 0 Å². The monoisotopic (exact) mass is 421 g/mol. The Kier molecular flexibility index (Phi) is 8.90. The number of nitrogens with one attached hydrogen (secondary N) is 1. The zero-order valence-electron chi connectivity index (χ0n) is 17.5. The van der Waals surface area contributed by atoms with Crippen molar-refractivity contribution in [1.82, 2.24) is 5.32 Å². The predicted octanol–water partition coefficient (Wildman–Crippen LogP) is 3.99. The number of aliphatic hydroxyl groups excluding tert-OH is 2. The van der Waals surface area contributed by atoms with Crippen molar-refractivity contribution in [3.8, 4) is 0 Å². The Hall–Kier alpha value is -1.66. The van der Waals surface area contributed by atoms with Crippen molar-refractivity contribution in [1.29, 1.82) is 0 Å². The molecule has 2 atom stereocenters. The van der Waals surface area contributed by atoms with Gasteiger partial charge in [-0.05, 0) is 57.2 Å². The average Bonchev–Trinajstić information content (AvgIpc) is 2.66. The van der Waals surface area contributed by atoms with Gasteiger partial charge in [-0.1, -0.05) is 47.5 Å². The predicted molar refractivity (Wildman–Crippen MR) is 115 cm³/mol. The van der Waals surface area contributed by atoms with Crippen LogP contribution in [0.5, 0.6) is 0 Å². The summed E-state index contributed by atoms with van der Waals surface area (Å²) in [5, 5.41) is 23.8. The third kappa shape index (κ3) is 8.31. The minimum atomic E-state index is -0.853. The Morgan fingerprint density at radius 2 is 1.90 bits per heavy atom. The molecular weight excluding hydrogens is 390 g/mol. The third-order valence-electron chi connectivity index (χ3n) is 4.74. The molecule has 0 spiro atoms. The van der Waals surface area contributed by atoms with Gasteiger partial charge in [-0.2, -0.15) is 0 Å². The van der Waals surface area contributed by atoms with Crippen LogP contribution < -0.4 is 5.32 Å². The van der Waals surface area contributed by atoms with Crippen LogP contribution in [0.15, 0.2) is 47.0 Å². The molecule has 3 N–H and O–H groups in total. The molecule has 0 saturated heterocycles. The average molecular weight is 422 g/mol.